The van der Waals surface area contributed by atoms with Gasteiger partial charge in [-0.15, -0.1) is 0 Å². The Kier molecular flexibility index (Phi) is 4.51. The lowest BCUT2D eigenvalue weighted by molar-refractivity contribution is 0.0926. The van der Waals surface area contributed by atoms with Crippen LogP contribution < -0.4 is 10.1 Å². The molecule has 24 heavy (non-hydrogen) atoms. The third-order valence-electron chi connectivity index (χ3n) is 4.76. The van der Waals surface area contributed by atoms with Gasteiger partial charge in [0.2, 0.25) is 0 Å². The Balaban J connectivity index is 1.76. The summed E-state index contributed by atoms with van der Waals surface area (Å²) in [5, 5.41) is 2.85. The Hall–Kier alpha value is -2.43. The molecule has 1 aliphatic carbocycles. The number of methoxy groups -OCH3 is 1. The van der Waals surface area contributed by atoms with Gasteiger partial charge < -0.3 is 10.1 Å². The van der Waals surface area contributed by atoms with Crippen molar-refractivity contribution in [1.82, 2.24) is 5.32 Å². The minimum absolute atomic E-state index is 0.114. The predicted molar refractivity (Wildman–Crippen MR) is 87.2 cm³/mol. The highest BCUT2D eigenvalue weighted by Crippen LogP contribution is 2.46. The van der Waals surface area contributed by atoms with Gasteiger partial charge in [0.1, 0.15) is 5.75 Å². The zero-order chi connectivity index (χ0) is 17.2. The maximum absolute atomic E-state index is 13.3. The number of halogens is 2. The van der Waals surface area contributed by atoms with E-state index in [0.717, 1.165) is 42.7 Å². The minimum atomic E-state index is -1.02. The molecule has 0 unspecified atom stereocenters. The summed E-state index contributed by atoms with van der Waals surface area (Å²) in [5.41, 5.74) is 1.02. The molecule has 3 rings (SSSR count). The van der Waals surface area contributed by atoms with Crippen molar-refractivity contribution in [2.75, 3.05) is 13.7 Å². The molecule has 0 heterocycles. The Bertz CT molecular complexity index is 757. The maximum Gasteiger partial charge on any atom is 0.251 e. The molecule has 0 radical (unpaired) electrons. The molecule has 126 valence electrons. The van der Waals surface area contributed by atoms with Crippen molar-refractivity contribution < 1.29 is 18.3 Å². The van der Waals surface area contributed by atoms with Gasteiger partial charge in [0.25, 0.3) is 5.91 Å². The lowest BCUT2D eigenvalue weighted by Gasteiger charge is -2.43. The largest absolute Gasteiger partial charge is 0.496 e. The van der Waals surface area contributed by atoms with Gasteiger partial charge in [-0.3, -0.25) is 4.79 Å². The van der Waals surface area contributed by atoms with Crippen LogP contribution in [0.1, 0.15) is 35.2 Å². The van der Waals surface area contributed by atoms with E-state index in [2.05, 4.69) is 5.32 Å². The third kappa shape index (κ3) is 2.98. The summed E-state index contributed by atoms with van der Waals surface area (Å²) >= 11 is 0. The van der Waals surface area contributed by atoms with Crippen LogP contribution in [0.3, 0.4) is 0 Å². The molecular formula is C19H19F2NO2. The normalized spacial score (nSPS) is 15.5. The maximum atomic E-state index is 13.3. The zero-order valence-corrected chi connectivity index (χ0v) is 13.4. The molecule has 2 aromatic rings. The number of nitrogens with one attached hydrogen (secondary N) is 1. The fourth-order valence-corrected chi connectivity index (χ4v) is 3.22. The van der Waals surface area contributed by atoms with Crippen LogP contribution in [0.15, 0.2) is 42.5 Å². The first-order valence-electron chi connectivity index (χ1n) is 7.92. The second-order valence-corrected chi connectivity index (χ2v) is 6.15. The van der Waals surface area contributed by atoms with E-state index >= 15 is 0 Å². The van der Waals surface area contributed by atoms with Gasteiger partial charge in [0, 0.05) is 23.1 Å². The number of carbonyl (C=O) groups is 1. The van der Waals surface area contributed by atoms with E-state index in [1.807, 2.05) is 24.3 Å². The summed E-state index contributed by atoms with van der Waals surface area (Å²) in [6.07, 6.45) is 2.98. The molecule has 0 bridgehead atoms. The van der Waals surface area contributed by atoms with Crippen molar-refractivity contribution in [1.29, 1.82) is 0 Å². The van der Waals surface area contributed by atoms with E-state index in [4.69, 9.17) is 4.74 Å². The second-order valence-electron chi connectivity index (χ2n) is 6.15. The summed E-state index contributed by atoms with van der Waals surface area (Å²) in [4.78, 5) is 12.2. The first-order chi connectivity index (χ1) is 11.6. The van der Waals surface area contributed by atoms with Crippen LogP contribution in [-0.4, -0.2) is 19.6 Å². The van der Waals surface area contributed by atoms with Crippen LogP contribution in [0.2, 0.25) is 0 Å². The minimum Gasteiger partial charge on any atom is -0.496 e. The van der Waals surface area contributed by atoms with Crippen molar-refractivity contribution in [2.45, 2.75) is 24.7 Å². The van der Waals surface area contributed by atoms with Crippen molar-refractivity contribution in [3.63, 3.8) is 0 Å². The number of hydrogen-bond acceptors (Lipinski definition) is 2. The van der Waals surface area contributed by atoms with Crippen molar-refractivity contribution in [2.24, 2.45) is 0 Å². The van der Waals surface area contributed by atoms with E-state index in [1.165, 1.54) is 6.07 Å². The number of hydrogen-bond donors (Lipinski definition) is 1. The summed E-state index contributed by atoms with van der Waals surface area (Å²) in [6.45, 7) is 0.436. The zero-order valence-electron chi connectivity index (χ0n) is 13.4. The van der Waals surface area contributed by atoms with Gasteiger partial charge in [-0.25, -0.2) is 8.78 Å². The summed E-state index contributed by atoms with van der Waals surface area (Å²) in [7, 11) is 1.63. The predicted octanol–water partition coefficient (Wildman–Crippen LogP) is 3.83. The highest BCUT2D eigenvalue weighted by atomic mass is 19.2. The van der Waals surface area contributed by atoms with Crippen LogP contribution >= 0.6 is 0 Å². The molecule has 1 saturated carbocycles. The highest BCUT2D eigenvalue weighted by Gasteiger charge is 2.40. The molecule has 0 saturated heterocycles. The molecule has 1 N–H and O–H groups in total. The first-order valence-corrected chi connectivity index (χ1v) is 7.92. The molecule has 2 aromatic carbocycles. The molecule has 0 aliphatic heterocycles. The average Bonchev–Trinajstić information content (AvgIpc) is 2.56. The number of rotatable bonds is 5. The topological polar surface area (TPSA) is 38.3 Å². The van der Waals surface area contributed by atoms with Gasteiger partial charge in [-0.1, -0.05) is 24.6 Å². The molecule has 3 nitrogen and oxygen atoms in total. The number of amides is 1. The monoisotopic (exact) mass is 331 g/mol. The van der Waals surface area contributed by atoms with E-state index in [0.29, 0.717) is 6.54 Å². The average molecular weight is 331 g/mol. The van der Waals surface area contributed by atoms with E-state index in [1.54, 1.807) is 7.11 Å². The van der Waals surface area contributed by atoms with Crippen LogP contribution in [0.5, 0.6) is 5.75 Å². The number of carbonyl (C=O) groups excluding carboxylic acids is 1. The SMILES string of the molecule is COc1ccccc1C1(CNC(=O)c2ccc(F)c(F)c2)CCC1. The highest BCUT2D eigenvalue weighted by molar-refractivity contribution is 5.94. The lowest BCUT2D eigenvalue weighted by Crippen LogP contribution is -2.45. The second kappa shape index (κ2) is 6.59. The quantitative estimate of drug-likeness (QED) is 0.904. The van der Waals surface area contributed by atoms with Crippen LogP contribution in [0.4, 0.5) is 8.78 Å². The third-order valence-corrected chi connectivity index (χ3v) is 4.76. The summed E-state index contributed by atoms with van der Waals surface area (Å²) < 4.78 is 31.7. The molecule has 0 atom stereocenters. The van der Waals surface area contributed by atoms with Crippen LogP contribution in [0.25, 0.3) is 0 Å². The van der Waals surface area contributed by atoms with Crippen LogP contribution in [0, 0.1) is 11.6 Å². The van der Waals surface area contributed by atoms with E-state index in [-0.39, 0.29) is 11.0 Å². The van der Waals surface area contributed by atoms with Crippen molar-refractivity contribution in [3.05, 3.63) is 65.2 Å². The number of ether oxygens (including phenoxy) is 1. The Morgan fingerprint density at radius 2 is 1.92 bits per heavy atom. The van der Waals surface area contributed by atoms with E-state index in [9.17, 15) is 13.6 Å². The van der Waals surface area contributed by atoms with Gasteiger partial charge >= 0.3 is 0 Å². The summed E-state index contributed by atoms with van der Waals surface area (Å²) in [6, 6.07) is 11.0. The standard InChI is InChI=1S/C19H19F2NO2/c1-24-17-6-3-2-5-14(17)19(9-4-10-19)12-22-18(23)13-7-8-15(20)16(21)11-13/h2-3,5-8,11H,4,9-10,12H2,1H3,(H,22,23). The Morgan fingerprint density at radius 3 is 2.54 bits per heavy atom. The molecule has 0 spiro atoms. The fraction of sp³-hybridized carbons (Fsp3) is 0.316. The number of benzene rings is 2. The van der Waals surface area contributed by atoms with Gasteiger partial charge in [0.05, 0.1) is 7.11 Å². The van der Waals surface area contributed by atoms with Crippen molar-refractivity contribution >= 4 is 5.91 Å². The van der Waals surface area contributed by atoms with Gasteiger partial charge in [0.15, 0.2) is 11.6 Å². The summed E-state index contributed by atoms with van der Waals surface area (Å²) in [5.74, 6) is -1.59. The van der Waals surface area contributed by atoms with Gasteiger partial charge in [-0.05, 0) is 37.1 Å². The Labute approximate surface area is 139 Å². The molecular weight excluding hydrogens is 312 g/mol. The lowest BCUT2D eigenvalue weighted by atomic mass is 9.64. The molecule has 1 amide bonds. The number of para-hydroxylation sites is 1. The first kappa shape index (κ1) is 16.4. The fourth-order valence-electron chi connectivity index (χ4n) is 3.22. The molecule has 1 fully saturated rings. The van der Waals surface area contributed by atoms with E-state index < -0.39 is 17.5 Å². The van der Waals surface area contributed by atoms with Gasteiger partial charge in [-0.2, -0.15) is 0 Å². The smallest absolute Gasteiger partial charge is 0.251 e. The van der Waals surface area contributed by atoms with Crippen LogP contribution in [-0.2, 0) is 5.41 Å². The Morgan fingerprint density at radius 1 is 1.17 bits per heavy atom. The molecule has 0 aromatic heterocycles. The van der Waals surface area contributed by atoms with Crippen molar-refractivity contribution in [3.8, 4) is 5.75 Å². The molecule has 5 heteroatoms. The molecule has 1 aliphatic rings.